The highest BCUT2D eigenvalue weighted by molar-refractivity contribution is 6.58. The number of nitro groups is 2. The number of rotatable bonds is 10. The number of aliphatic imine (C=N–C) groups is 1. The Bertz CT molecular complexity index is 3920. The van der Waals surface area contributed by atoms with E-state index in [2.05, 4.69) is 4.99 Å². The number of hydrogen-bond acceptors (Lipinski definition) is 12. The summed E-state index contributed by atoms with van der Waals surface area (Å²) in [6.45, 7) is 0. The third-order valence-corrected chi connectivity index (χ3v) is 13.3. The van der Waals surface area contributed by atoms with Gasteiger partial charge in [0.25, 0.3) is 11.4 Å². The Balaban J connectivity index is 0.000000244. The van der Waals surface area contributed by atoms with E-state index >= 15 is 0 Å². The van der Waals surface area contributed by atoms with E-state index in [-0.39, 0.29) is 34.0 Å². The first kappa shape index (κ1) is 75.8. The van der Waals surface area contributed by atoms with Crippen LogP contribution < -0.4 is 28.4 Å². The van der Waals surface area contributed by atoms with Gasteiger partial charge < -0.3 is 38.1 Å². The standard InChI is InChI=1S/C17H9ClF7N.C12H9ClN2O2.C12H11ClN2.C6H6BClO2.C6H5ClN2O2.C4HF7O2/c18-12-4-1-9(2-5-12)10-3-6-13-11(7-10)8-14(26-13)15(19,20)16(21,22)17(23,24)25;13-10-4-1-8(2-5-10)9-3-6-12(15(16)17)11(14)7-9;13-10-4-1-8(2-5-10)9-3-6-11(14)12(15)7-9;8-6-3-1-5(2-4-6)7(9)10;7-4-1-2-6(9(10)11)5(8)3-4;5-2(6,1(12)13)3(7,8)4(9,10)11/h1-7H,8H2;1-7H,14H2;1-7H,14-15H2;1-4,9-10H;1-3H,8H2;(H,12,13). The molecular formula is C57H41BCl5F14N7O8. The quantitative estimate of drug-likeness (QED) is 0.0221. The van der Waals surface area contributed by atoms with Crippen LogP contribution >= 0.6 is 58.0 Å². The molecule has 1 aliphatic heterocycles. The second-order valence-corrected chi connectivity index (χ2v) is 20.6. The molecule has 488 valence electrons. The van der Waals surface area contributed by atoms with E-state index in [4.69, 9.17) is 96.1 Å². The molecule has 0 atom stereocenters. The SMILES string of the molecule is FC(F)(F)C(F)(F)C(F)(F)C1=Nc2ccc(-c3ccc(Cl)cc3)cc2C1.Nc1cc(-c2ccc(Cl)cc2)ccc1[N+](=O)[O-].Nc1cc(Cl)ccc1[N+](=O)[O-].Nc1ccc(-c2ccc(Cl)cc2)cc1N.O=C(O)C(F)(F)C(F)(F)C(F)(F)F.OB(O)c1ccc(Cl)cc1. The fourth-order valence-corrected chi connectivity index (χ4v) is 7.83. The van der Waals surface area contributed by atoms with E-state index < -0.39 is 71.1 Å². The van der Waals surface area contributed by atoms with Crippen LogP contribution in [0, 0.1) is 20.2 Å². The lowest BCUT2D eigenvalue weighted by Gasteiger charge is -2.28. The van der Waals surface area contributed by atoms with Crippen molar-refractivity contribution in [3.63, 3.8) is 0 Å². The first-order valence-electron chi connectivity index (χ1n) is 24.8. The Morgan fingerprint density at radius 3 is 1.13 bits per heavy atom. The number of carboxylic acid groups (broad SMARTS) is 1. The Morgan fingerprint density at radius 1 is 0.446 bits per heavy atom. The second-order valence-electron chi connectivity index (χ2n) is 18.5. The number of nitrogens with zero attached hydrogens (tertiary/aromatic N) is 3. The summed E-state index contributed by atoms with van der Waals surface area (Å²) in [5.41, 5.74) is 27.7. The highest BCUT2D eigenvalue weighted by Gasteiger charge is 2.77. The number of aliphatic carboxylic acids is 1. The third kappa shape index (κ3) is 19.7. The van der Waals surface area contributed by atoms with E-state index in [9.17, 15) is 86.5 Å². The first-order chi connectivity index (χ1) is 42.4. The summed E-state index contributed by atoms with van der Waals surface area (Å²) in [6.07, 6.45) is -13.8. The fourth-order valence-electron chi connectivity index (χ4n) is 7.14. The predicted molar refractivity (Wildman–Crippen MR) is 325 cm³/mol. The number of benzene rings is 8. The maximum Gasteiger partial charge on any atom is 0.488 e. The zero-order valence-corrected chi connectivity index (χ0v) is 49.4. The molecule has 0 amide bonds. The van der Waals surface area contributed by atoms with Gasteiger partial charge in [0.2, 0.25) is 0 Å². The minimum atomic E-state index is -6.60. The molecule has 0 radical (unpaired) electrons. The maximum atomic E-state index is 13.8. The van der Waals surface area contributed by atoms with Crippen LogP contribution in [0.1, 0.15) is 5.56 Å². The first-order valence-corrected chi connectivity index (χ1v) is 26.7. The summed E-state index contributed by atoms with van der Waals surface area (Å²) in [6, 6.07) is 46.2. The lowest BCUT2D eigenvalue weighted by Crippen LogP contribution is -2.56. The highest BCUT2D eigenvalue weighted by Crippen LogP contribution is 2.50. The molecule has 1 heterocycles. The van der Waals surface area contributed by atoms with E-state index in [0.29, 0.717) is 48.1 Å². The molecule has 0 fully saturated rings. The van der Waals surface area contributed by atoms with Crippen molar-refractivity contribution in [1.82, 2.24) is 0 Å². The molecule has 92 heavy (non-hydrogen) atoms. The molecule has 15 nitrogen and oxygen atoms in total. The van der Waals surface area contributed by atoms with Gasteiger partial charge >= 0.3 is 49.1 Å². The molecule has 0 saturated carbocycles. The van der Waals surface area contributed by atoms with Crippen molar-refractivity contribution in [3.8, 4) is 33.4 Å². The number of halogens is 19. The highest BCUT2D eigenvalue weighted by atomic mass is 35.5. The van der Waals surface area contributed by atoms with Crippen molar-refractivity contribution in [2.45, 2.75) is 42.5 Å². The van der Waals surface area contributed by atoms with E-state index in [1.165, 1.54) is 42.5 Å². The summed E-state index contributed by atoms with van der Waals surface area (Å²) >= 11 is 28.4. The molecule has 35 heteroatoms. The number of carboxylic acids is 1. The molecule has 0 aliphatic carbocycles. The smallest absolute Gasteiger partial charge is 0.477 e. The van der Waals surface area contributed by atoms with Gasteiger partial charge in [-0.1, -0.05) is 119 Å². The lowest BCUT2D eigenvalue weighted by atomic mass is 9.81. The Morgan fingerprint density at radius 2 is 0.783 bits per heavy atom. The zero-order valence-electron chi connectivity index (χ0n) is 45.7. The number of carbonyl (C=O) groups is 1. The second kappa shape index (κ2) is 31.1. The number of alkyl halides is 14. The van der Waals surface area contributed by atoms with Crippen molar-refractivity contribution in [2.75, 3.05) is 22.9 Å². The fraction of sp³-hybridized carbons (Fsp3) is 0.123. The van der Waals surface area contributed by atoms with Gasteiger partial charge in [0.1, 0.15) is 11.4 Å². The molecule has 0 spiro atoms. The van der Waals surface area contributed by atoms with E-state index in [0.717, 1.165) is 27.3 Å². The van der Waals surface area contributed by atoms with Crippen LogP contribution in [0.4, 0.5) is 101 Å². The molecule has 0 aromatic heterocycles. The van der Waals surface area contributed by atoms with Crippen LogP contribution in [0.25, 0.3) is 33.4 Å². The molecule has 1 aliphatic rings. The van der Waals surface area contributed by atoms with Gasteiger partial charge in [-0.3, -0.25) is 25.2 Å². The van der Waals surface area contributed by atoms with Crippen molar-refractivity contribution < 1.29 is 91.3 Å². The van der Waals surface area contributed by atoms with Crippen LogP contribution in [-0.2, 0) is 11.2 Å². The monoisotopic (exact) mass is 1400 g/mol. The molecule has 0 bridgehead atoms. The van der Waals surface area contributed by atoms with Crippen molar-refractivity contribution >= 4 is 122 Å². The number of fused-ring (bicyclic) bond motifs is 1. The average molecular weight is 1410 g/mol. The minimum Gasteiger partial charge on any atom is -0.477 e. The van der Waals surface area contributed by atoms with Crippen molar-refractivity contribution in [2.24, 2.45) is 4.99 Å². The third-order valence-electron chi connectivity index (χ3n) is 12.0. The molecule has 11 N–H and O–H groups in total. The average Bonchev–Trinajstić information content (AvgIpc) is 1.48. The molecule has 0 unspecified atom stereocenters. The molecule has 9 rings (SSSR count). The number of nitro benzene ring substituents is 2. The van der Waals surface area contributed by atoms with Gasteiger partial charge in [-0.05, 0) is 141 Å². The number of anilines is 4. The Kier molecular flexibility index (Phi) is 25.6. The molecule has 8 aromatic carbocycles. The van der Waals surface area contributed by atoms with Gasteiger partial charge in [-0.15, -0.1) is 0 Å². The van der Waals surface area contributed by atoms with Crippen LogP contribution in [0.5, 0.6) is 0 Å². The summed E-state index contributed by atoms with van der Waals surface area (Å²) in [4.78, 5) is 32.5. The van der Waals surface area contributed by atoms with Crippen molar-refractivity contribution in [3.05, 3.63) is 221 Å². The zero-order chi connectivity index (χ0) is 69.6. The molecule has 0 saturated heterocycles. The number of hydrogen-bond donors (Lipinski definition) is 7. The summed E-state index contributed by atoms with van der Waals surface area (Å²) in [5.74, 6) is -27.9. The maximum absolute atomic E-state index is 13.8. The largest absolute Gasteiger partial charge is 0.488 e. The normalized spacial score (nSPS) is 12.0. The summed E-state index contributed by atoms with van der Waals surface area (Å²) in [7, 11) is -1.41. The van der Waals surface area contributed by atoms with Gasteiger partial charge in [-0.2, -0.15) is 61.5 Å². The lowest BCUT2D eigenvalue weighted by molar-refractivity contribution is -0.384. The predicted octanol–water partition coefficient (Wildman–Crippen LogP) is 16.9. The van der Waals surface area contributed by atoms with Crippen LogP contribution in [0.3, 0.4) is 0 Å². The van der Waals surface area contributed by atoms with Gasteiger partial charge in [-0.25, -0.2) is 4.79 Å². The van der Waals surface area contributed by atoms with Crippen LogP contribution in [-0.4, -0.2) is 79.8 Å². The summed E-state index contributed by atoms with van der Waals surface area (Å²) < 4.78 is 172. The van der Waals surface area contributed by atoms with Crippen LogP contribution in [0.2, 0.25) is 25.1 Å². The van der Waals surface area contributed by atoms with Gasteiger partial charge in [0.15, 0.2) is 0 Å². The van der Waals surface area contributed by atoms with E-state index in [1.54, 1.807) is 78.9 Å². The number of nitrogen functional groups attached to an aromatic ring is 4. The topological polar surface area (TPSA) is 280 Å². The van der Waals surface area contributed by atoms with E-state index in [1.807, 2.05) is 48.5 Å². The number of nitrogens with two attached hydrogens (primary N) is 4. The van der Waals surface area contributed by atoms with Gasteiger partial charge in [0.05, 0.1) is 32.6 Å². The van der Waals surface area contributed by atoms with Crippen molar-refractivity contribution in [1.29, 1.82) is 0 Å². The Hall–Kier alpha value is -8.65. The van der Waals surface area contributed by atoms with Crippen LogP contribution in [0.15, 0.2) is 175 Å². The minimum absolute atomic E-state index is 0.0598. The summed E-state index contributed by atoms with van der Waals surface area (Å²) in [5, 5.41) is 48.3. The Labute approximate surface area is 535 Å². The van der Waals surface area contributed by atoms with Gasteiger partial charge in [0, 0.05) is 43.7 Å². The molecule has 8 aromatic rings. The molecular weight excluding hydrogens is 1360 g/mol.